The molecule has 7 heteroatoms. The van der Waals surface area contributed by atoms with Crippen LogP contribution in [0.3, 0.4) is 0 Å². The Labute approximate surface area is 171 Å². The first-order valence-corrected chi connectivity index (χ1v) is 10.2. The third kappa shape index (κ3) is 4.10. The van der Waals surface area contributed by atoms with Crippen molar-refractivity contribution in [3.8, 4) is 5.75 Å². The van der Waals surface area contributed by atoms with Crippen molar-refractivity contribution >= 4 is 17.3 Å². The Kier molecular flexibility index (Phi) is 4.81. The Morgan fingerprint density at radius 3 is 2.62 bits per heavy atom. The highest BCUT2D eigenvalue weighted by Crippen LogP contribution is 2.42. The van der Waals surface area contributed by atoms with Crippen molar-refractivity contribution in [3.63, 3.8) is 0 Å². The Morgan fingerprint density at radius 1 is 1.24 bits per heavy atom. The summed E-state index contributed by atoms with van der Waals surface area (Å²) in [5, 5.41) is 3.08. The SMILES string of the molecule is CC1(C)Cc2cc(NC(=O)c3ncc(C(C)(C)C)[nH]3)c(N3CCOCC3)cc2O1. The van der Waals surface area contributed by atoms with Crippen LogP contribution in [0.1, 0.15) is 56.5 Å². The lowest BCUT2D eigenvalue weighted by Gasteiger charge is -2.31. The van der Waals surface area contributed by atoms with Gasteiger partial charge in [-0.15, -0.1) is 0 Å². The van der Waals surface area contributed by atoms with E-state index >= 15 is 0 Å². The van der Waals surface area contributed by atoms with Crippen molar-refractivity contribution in [3.05, 3.63) is 35.4 Å². The fourth-order valence-corrected chi connectivity index (χ4v) is 3.80. The summed E-state index contributed by atoms with van der Waals surface area (Å²) in [6.07, 6.45) is 2.54. The Morgan fingerprint density at radius 2 is 1.97 bits per heavy atom. The van der Waals surface area contributed by atoms with E-state index in [1.54, 1.807) is 6.20 Å². The van der Waals surface area contributed by atoms with Crippen LogP contribution in [-0.2, 0) is 16.6 Å². The molecule has 0 spiro atoms. The number of aromatic amines is 1. The molecule has 0 saturated carbocycles. The van der Waals surface area contributed by atoms with Gasteiger partial charge in [0.05, 0.1) is 24.6 Å². The number of nitrogens with zero attached hydrogens (tertiary/aromatic N) is 2. The summed E-state index contributed by atoms with van der Waals surface area (Å²) in [4.78, 5) is 22.6. The van der Waals surface area contributed by atoms with Crippen molar-refractivity contribution in [2.75, 3.05) is 36.5 Å². The summed E-state index contributed by atoms with van der Waals surface area (Å²) in [5.41, 5.74) is 3.44. The van der Waals surface area contributed by atoms with Gasteiger partial charge in [-0.2, -0.15) is 0 Å². The molecule has 4 rings (SSSR count). The van der Waals surface area contributed by atoms with Gasteiger partial charge < -0.3 is 24.7 Å². The van der Waals surface area contributed by atoms with E-state index in [0.717, 1.165) is 47.9 Å². The number of carbonyl (C=O) groups is 1. The number of imidazole rings is 1. The number of benzene rings is 1. The van der Waals surface area contributed by atoms with Gasteiger partial charge in [0, 0.05) is 48.4 Å². The van der Waals surface area contributed by atoms with E-state index in [2.05, 4.69) is 54.8 Å². The molecule has 2 aliphatic heterocycles. The lowest BCUT2D eigenvalue weighted by Crippen LogP contribution is -2.36. The van der Waals surface area contributed by atoms with E-state index in [1.165, 1.54) is 0 Å². The Hall–Kier alpha value is -2.54. The molecule has 0 unspecified atom stereocenters. The number of rotatable bonds is 3. The molecule has 0 aliphatic carbocycles. The largest absolute Gasteiger partial charge is 0.487 e. The highest BCUT2D eigenvalue weighted by Gasteiger charge is 2.32. The molecule has 156 valence electrons. The minimum atomic E-state index is -0.242. The molecule has 0 radical (unpaired) electrons. The maximum absolute atomic E-state index is 12.9. The summed E-state index contributed by atoms with van der Waals surface area (Å²) in [7, 11) is 0. The predicted molar refractivity (Wildman–Crippen MR) is 113 cm³/mol. The van der Waals surface area contributed by atoms with Crippen molar-refractivity contribution in [2.45, 2.75) is 52.1 Å². The van der Waals surface area contributed by atoms with E-state index in [-0.39, 0.29) is 16.9 Å². The standard InChI is InChI=1S/C22H30N4O3/c1-21(2,3)18-13-23-19(25-18)20(27)24-15-10-14-12-22(4,5)29-17(14)11-16(15)26-6-8-28-9-7-26/h10-11,13H,6-9,12H2,1-5H3,(H,23,25)(H,24,27). The van der Waals surface area contributed by atoms with Crippen molar-refractivity contribution in [1.82, 2.24) is 9.97 Å². The second-order valence-corrected chi connectivity index (χ2v) is 9.46. The second kappa shape index (κ2) is 7.06. The monoisotopic (exact) mass is 398 g/mol. The molecule has 2 N–H and O–H groups in total. The molecule has 3 heterocycles. The maximum Gasteiger partial charge on any atom is 0.291 e. The highest BCUT2D eigenvalue weighted by atomic mass is 16.5. The number of amides is 1. The number of hydrogen-bond donors (Lipinski definition) is 2. The number of carbonyl (C=O) groups excluding carboxylic acids is 1. The topological polar surface area (TPSA) is 79.5 Å². The van der Waals surface area contributed by atoms with Gasteiger partial charge in [0.2, 0.25) is 0 Å². The number of H-pyrrole nitrogens is 1. The molecule has 1 aromatic carbocycles. The van der Waals surface area contributed by atoms with Crippen LogP contribution >= 0.6 is 0 Å². The van der Waals surface area contributed by atoms with Crippen LogP contribution in [0.15, 0.2) is 18.3 Å². The number of nitrogens with one attached hydrogen (secondary N) is 2. The molecule has 0 bridgehead atoms. The summed E-state index contributed by atoms with van der Waals surface area (Å²) < 4.78 is 11.6. The van der Waals surface area contributed by atoms with Gasteiger partial charge in [-0.25, -0.2) is 4.98 Å². The highest BCUT2D eigenvalue weighted by molar-refractivity contribution is 6.04. The van der Waals surface area contributed by atoms with Gasteiger partial charge >= 0.3 is 0 Å². The van der Waals surface area contributed by atoms with E-state index in [9.17, 15) is 4.79 Å². The molecule has 1 fully saturated rings. The summed E-state index contributed by atoms with van der Waals surface area (Å²) in [5.74, 6) is 0.968. The zero-order chi connectivity index (χ0) is 20.8. The summed E-state index contributed by atoms with van der Waals surface area (Å²) in [6, 6.07) is 4.09. The van der Waals surface area contributed by atoms with Crippen molar-refractivity contribution in [2.24, 2.45) is 0 Å². The van der Waals surface area contributed by atoms with Crippen LogP contribution in [0.4, 0.5) is 11.4 Å². The van der Waals surface area contributed by atoms with E-state index in [0.29, 0.717) is 19.0 Å². The van der Waals surface area contributed by atoms with Gasteiger partial charge in [-0.1, -0.05) is 20.8 Å². The molecule has 29 heavy (non-hydrogen) atoms. The Balaban J connectivity index is 1.65. The third-order valence-corrected chi connectivity index (χ3v) is 5.38. The normalized spacial score (nSPS) is 18.3. The molecule has 2 aliphatic rings. The first-order valence-electron chi connectivity index (χ1n) is 10.2. The van der Waals surface area contributed by atoms with Gasteiger partial charge in [0.1, 0.15) is 11.4 Å². The molecular formula is C22H30N4O3. The quantitative estimate of drug-likeness (QED) is 0.827. The van der Waals surface area contributed by atoms with E-state index in [1.807, 2.05) is 12.1 Å². The number of fused-ring (bicyclic) bond motifs is 1. The van der Waals surface area contributed by atoms with Crippen LogP contribution in [0.2, 0.25) is 0 Å². The molecule has 1 amide bonds. The average molecular weight is 399 g/mol. The number of aromatic nitrogens is 2. The first kappa shape index (κ1) is 19.8. The Bertz CT molecular complexity index is 921. The lowest BCUT2D eigenvalue weighted by atomic mass is 9.93. The third-order valence-electron chi connectivity index (χ3n) is 5.38. The van der Waals surface area contributed by atoms with E-state index < -0.39 is 0 Å². The van der Waals surface area contributed by atoms with Crippen LogP contribution in [-0.4, -0.2) is 47.8 Å². The summed E-state index contributed by atoms with van der Waals surface area (Å²) >= 11 is 0. The second-order valence-electron chi connectivity index (χ2n) is 9.46. The fourth-order valence-electron chi connectivity index (χ4n) is 3.80. The molecule has 1 saturated heterocycles. The van der Waals surface area contributed by atoms with Gasteiger partial charge in [0.15, 0.2) is 5.82 Å². The number of ether oxygens (including phenoxy) is 2. The predicted octanol–water partition coefficient (Wildman–Crippen LogP) is 3.51. The minimum Gasteiger partial charge on any atom is -0.487 e. The van der Waals surface area contributed by atoms with Crippen LogP contribution in [0.5, 0.6) is 5.75 Å². The van der Waals surface area contributed by atoms with Gasteiger partial charge in [-0.3, -0.25) is 4.79 Å². The number of morpholine rings is 1. The van der Waals surface area contributed by atoms with Crippen LogP contribution in [0, 0.1) is 0 Å². The first-order chi connectivity index (χ1) is 13.6. The van der Waals surface area contributed by atoms with Gasteiger partial charge in [0.25, 0.3) is 5.91 Å². The zero-order valence-corrected chi connectivity index (χ0v) is 17.9. The van der Waals surface area contributed by atoms with Crippen molar-refractivity contribution in [1.29, 1.82) is 0 Å². The average Bonchev–Trinajstić information content (AvgIpc) is 3.25. The smallest absolute Gasteiger partial charge is 0.291 e. The van der Waals surface area contributed by atoms with Crippen LogP contribution in [0.25, 0.3) is 0 Å². The van der Waals surface area contributed by atoms with E-state index in [4.69, 9.17) is 9.47 Å². The minimum absolute atomic E-state index is 0.0962. The number of hydrogen-bond acceptors (Lipinski definition) is 5. The number of anilines is 2. The maximum atomic E-state index is 12.9. The van der Waals surface area contributed by atoms with Crippen LogP contribution < -0.4 is 15.0 Å². The summed E-state index contributed by atoms with van der Waals surface area (Å²) in [6.45, 7) is 13.3. The molecule has 7 nitrogen and oxygen atoms in total. The molecule has 1 aromatic heterocycles. The zero-order valence-electron chi connectivity index (χ0n) is 17.9. The molecule has 0 atom stereocenters. The fraction of sp³-hybridized carbons (Fsp3) is 0.545. The molecule has 2 aromatic rings. The lowest BCUT2D eigenvalue weighted by molar-refractivity contribution is 0.101. The molecular weight excluding hydrogens is 368 g/mol. The van der Waals surface area contributed by atoms with Gasteiger partial charge in [-0.05, 0) is 19.9 Å². The van der Waals surface area contributed by atoms with Crippen molar-refractivity contribution < 1.29 is 14.3 Å².